The molecule has 0 spiro atoms. The molecule has 20 heavy (non-hydrogen) atoms. The average molecular weight is 291 g/mol. The van der Waals surface area contributed by atoms with Crippen LogP contribution in [0, 0.1) is 0 Å². The molecule has 0 fully saturated rings. The van der Waals surface area contributed by atoms with Gasteiger partial charge in [-0.2, -0.15) is 0 Å². The van der Waals surface area contributed by atoms with Crippen LogP contribution in [0.1, 0.15) is 31.2 Å². The van der Waals surface area contributed by atoms with E-state index in [0.29, 0.717) is 29.1 Å². The number of nitrogens with one attached hydrogen (secondary N) is 1. The zero-order valence-corrected chi connectivity index (χ0v) is 12.1. The van der Waals surface area contributed by atoms with E-state index < -0.39 is 0 Å². The maximum Gasteiger partial charge on any atom is 0.174 e. The van der Waals surface area contributed by atoms with Crippen molar-refractivity contribution in [3.63, 3.8) is 0 Å². The van der Waals surface area contributed by atoms with Crippen molar-refractivity contribution in [1.82, 2.24) is 10.1 Å². The number of aromatic nitrogens is 2. The van der Waals surface area contributed by atoms with Crippen molar-refractivity contribution in [2.24, 2.45) is 0 Å². The molecule has 0 saturated carbocycles. The fraction of sp³-hybridized carbons (Fsp3) is 0.267. The lowest BCUT2D eigenvalue weighted by Gasteiger charge is -2.06. The molecule has 0 bridgehead atoms. The van der Waals surface area contributed by atoms with Crippen LogP contribution in [0.15, 0.2) is 35.0 Å². The molecule has 2 heterocycles. The first-order chi connectivity index (χ1) is 9.63. The molecule has 3 aromatic rings. The van der Waals surface area contributed by atoms with Crippen molar-refractivity contribution in [1.29, 1.82) is 0 Å². The van der Waals surface area contributed by atoms with Crippen LogP contribution in [-0.4, -0.2) is 10.1 Å². The van der Waals surface area contributed by atoms with E-state index in [1.165, 1.54) is 5.69 Å². The SMILES string of the molecule is CC(C)c1cc2cc(Cl)c(OCc3ccno3)cc2[nH]1. The van der Waals surface area contributed by atoms with Gasteiger partial charge in [-0.15, -0.1) is 0 Å². The van der Waals surface area contributed by atoms with E-state index in [2.05, 4.69) is 30.1 Å². The summed E-state index contributed by atoms with van der Waals surface area (Å²) in [5.74, 6) is 1.74. The van der Waals surface area contributed by atoms with Crippen molar-refractivity contribution in [2.45, 2.75) is 26.4 Å². The molecule has 104 valence electrons. The summed E-state index contributed by atoms with van der Waals surface area (Å²) in [5, 5.41) is 5.31. The lowest BCUT2D eigenvalue weighted by molar-refractivity contribution is 0.249. The molecule has 5 heteroatoms. The van der Waals surface area contributed by atoms with Crippen molar-refractivity contribution < 1.29 is 9.26 Å². The molecule has 0 amide bonds. The summed E-state index contributed by atoms with van der Waals surface area (Å²) in [6.07, 6.45) is 1.59. The first kappa shape index (κ1) is 13.1. The first-order valence-corrected chi connectivity index (χ1v) is 6.86. The molecule has 0 radical (unpaired) electrons. The zero-order valence-electron chi connectivity index (χ0n) is 11.3. The van der Waals surface area contributed by atoms with Gasteiger partial charge in [0.25, 0.3) is 0 Å². The summed E-state index contributed by atoms with van der Waals surface area (Å²) in [7, 11) is 0. The number of benzene rings is 1. The molecule has 2 aromatic heterocycles. The van der Waals surface area contributed by atoms with Gasteiger partial charge in [0.2, 0.25) is 0 Å². The summed E-state index contributed by atoms with van der Waals surface area (Å²) < 4.78 is 10.7. The molecular formula is C15H15ClN2O2. The summed E-state index contributed by atoms with van der Waals surface area (Å²) in [6, 6.07) is 7.71. The molecule has 1 N–H and O–H groups in total. The van der Waals surface area contributed by atoms with Crippen LogP contribution in [0.2, 0.25) is 5.02 Å². The Morgan fingerprint density at radius 1 is 1.35 bits per heavy atom. The van der Waals surface area contributed by atoms with Crippen LogP contribution in [0.3, 0.4) is 0 Å². The van der Waals surface area contributed by atoms with Crippen LogP contribution in [0.5, 0.6) is 5.75 Å². The van der Waals surface area contributed by atoms with Crippen molar-refractivity contribution >= 4 is 22.5 Å². The van der Waals surface area contributed by atoms with E-state index in [-0.39, 0.29) is 0 Å². The van der Waals surface area contributed by atoms with E-state index in [4.69, 9.17) is 20.9 Å². The standard InChI is InChI=1S/C15H15ClN2O2/c1-9(2)13-6-10-5-12(16)15(7-14(10)18-13)19-8-11-3-4-17-20-11/h3-7,9,18H,8H2,1-2H3. The minimum atomic E-state index is 0.309. The minimum absolute atomic E-state index is 0.309. The fourth-order valence-corrected chi connectivity index (χ4v) is 2.27. The molecule has 4 nitrogen and oxygen atoms in total. The second kappa shape index (κ2) is 5.21. The number of nitrogens with zero attached hydrogens (tertiary/aromatic N) is 1. The summed E-state index contributed by atoms with van der Waals surface area (Å²) in [4.78, 5) is 3.38. The topological polar surface area (TPSA) is 51.1 Å². The Hall–Kier alpha value is -1.94. The highest BCUT2D eigenvalue weighted by molar-refractivity contribution is 6.32. The Morgan fingerprint density at radius 2 is 2.20 bits per heavy atom. The Kier molecular flexibility index (Phi) is 3.40. The lowest BCUT2D eigenvalue weighted by atomic mass is 10.1. The van der Waals surface area contributed by atoms with Gasteiger partial charge in [-0.1, -0.05) is 30.6 Å². The van der Waals surface area contributed by atoms with Gasteiger partial charge in [0, 0.05) is 28.7 Å². The van der Waals surface area contributed by atoms with Crippen LogP contribution in [-0.2, 0) is 6.61 Å². The number of hydrogen-bond acceptors (Lipinski definition) is 3. The number of rotatable bonds is 4. The van der Waals surface area contributed by atoms with Crippen LogP contribution < -0.4 is 4.74 Å². The van der Waals surface area contributed by atoms with E-state index in [0.717, 1.165) is 10.9 Å². The predicted octanol–water partition coefficient (Wildman–Crippen LogP) is 4.51. The number of H-pyrrole nitrogens is 1. The summed E-state index contributed by atoms with van der Waals surface area (Å²) in [5.41, 5.74) is 2.20. The summed E-state index contributed by atoms with van der Waals surface area (Å²) >= 11 is 6.25. The van der Waals surface area contributed by atoms with E-state index in [1.807, 2.05) is 12.1 Å². The van der Waals surface area contributed by atoms with Crippen LogP contribution >= 0.6 is 11.6 Å². The van der Waals surface area contributed by atoms with Gasteiger partial charge in [-0.25, -0.2) is 0 Å². The largest absolute Gasteiger partial charge is 0.484 e. The van der Waals surface area contributed by atoms with Crippen LogP contribution in [0.4, 0.5) is 0 Å². The Labute approximate surface area is 121 Å². The highest BCUT2D eigenvalue weighted by atomic mass is 35.5. The maximum absolute atomic E-state index is 6.25. The maximum atomic E-state index is 6.25. The number of aromatic amines is 1. The molecule has 3 rings (SSSR count). The van der Waals surface area contributed by atoms with Gasteiger partial charge in [0.05, 0.1) is 11.2 Å². The lowest BCUT2D eigenvalue weighted by Crippen LogP contribution is -1.94. The first-order valence-electron chi connectivity index (χ1n) is 6.48. The predicted molar refractivity (Wildman–Crippen MR) is 78.2 cm³/mol. The highest BCUT2D eigenvalue weighted by Crippen LogP contribution is 2.32. The molecule has 0 atom stereocenters. The molecule has 0 aliphatic heterocycles. The van der Waals surface area contributed by atoms with Gasteiger partial charge in [-0.3, -0.25) is 0 Å². The third-order valence-corrected chi connectivity index (χ3v) is 3.47. The second-order valence-corrected chi connectivity index (χ2v) is 5.42. The molecule has 0 unspecified atom stereocenters. The molecule has 0 aliphatic carbocycles. The number of fused-ring (bicyclic) bond motifs is 1. The molecule has 1 aromatic carbocycles. The van der Waals surface area contributed by atoms with Crippen molar-refractivity contribution in [3.8, 4) is 5.75 Å². The van der Waals surface area contributed by atoms with Crippen LogP contribution in [0.25, 0.3) is 10.9 Å². The quantitative estimate of drug-likeness (QED) is 0.769. The zero-order chi connectivity index (χ0) is 14.1. The number of ether oxygens (including phenoxy) is 1. The molecule has 0 saturated heterocycles. The monoisotopic (exact) mass is 290 g/mol. The van der Waals surface area contributed by atoms with Gasteiger partial charge in [0.15, 0.2) is 5.76 Å². The van der Waals surface area contributed by atoms with E-state index >= 15 is 0 Å². The third-order valence-electron chi connectivity index (χ3n) is 3.18. The molecular weight excluding hydrogens is 276 g/mol. The number of hydrogen-bond donors (Lipinski definition) is 1. The number of halogens is 1. The van der Waals surface area contributed by atoms with Crippen molar-refractivity contribution in [2.75, 3.05) is 0 Å². The average Bonchev–Trinajstić information content (AvgIpc) is 3.04. The minimum Gasteiger partial charge on any atom is -0.484 e. The van der Waals surface area contributed by atoms with E-state index in [1.54, 1.807) is 12.3 Å². The van der Waals surface area contributed by atoms with E-state index in [9.17, 15) is 0 Å². The Bertz CT molecular complexity index is 717. The fourth-order valence-electron chi connectivity index (χ4n) is 2.04. The smallest absolute Gasteiger partial charge is 0.174 e. The van der Waals surface area contributed by atoms with Gasteiger partial charge >= 0.3 is 0 Å². The molecule has 0 aliphatic rings. The summed E-state index contributed by atoms with van der Waals surface area (Å²) in [6.45, 7) is 4.60. The van der Waals surface area contributed by atoms with Gasteiger partial charge in [-0.05, 0) is 18.1 Å². The van der Waals surface area contributed by atoms with Crippen molar-refractivity contribution in [3.05, 3.63) is 46.9 Å². The normalized spacial score (nSPS) is 11.4. The Balaban J connectivity index is 1.88. The van der Waals surface area contributed by atoms with Gasteiger partial charge < -0.3 is 14.2 Å². The Morgan fingerprint density at radius 3 is 2.90 bits per heavy atom. The van der Waals surface area contributed by atoms with Gasteiger partial charge in [0.1, 0.15) is 12.4 Å². The second-order valence-electron chi connectivity index (χ2n) is 5.02. The third kappa shape index (κ3) is 2.51. The highest BCUT2D eigenvalue weighted by Gasteiger charge is 2.10.